The lowest BCUT2D eigenvalue weighted by atomic mass is 10.2. The standard InChI is InChI=1S/C14H18ClNO2/c1-2-12(14(17)16-9-5-6-10-16)18-13-8-4-3-7-11(13)15/h3-4,7-8,12H,2,5-6,9-10H2,1H3/t12-/m0/s1. The highest BCUT2D eigenvalue weighted by molar-refractivity contribution is 6.32. The number of likely N-dealkylation sites (tertiary alicyclic amines) is 1. The van der Waals surface area contributed by atoms with Crippen molar-refractivity contribution in [2.24, 2.45) is 0 Å². The van der Waals surface area contributed by atoms with Crippen molar-refractivity contribution in [3.63, 3.8) is 0 Å². The summed E-state index contributed by atoms with van der Waals surface area (Å²) in [5.74, 6) is 0.661. The molecule has 0 radical (unpaired) electrons. The van der Waals surface area contributed by atoms with Crippen molar-refractivity contribution in [3.05, 3.63) is 29.3 Å². The number of benzene rings is 1. The molecule has 1 saturated heterocycles. The number of ether oxygens (including phenoxy) is 1. The third-order valence-electron chi connectivity index (χ3n) is 3.17. The average molecular weight is 268 g/mol. The summed E-state index contributed by atoms with van der Waals surface area (Å²) in [5.41, 5.74) is 0. The Bertz CT molecular complexity index is 416. The molecule has 0 N–H and O–H groups in total. The summed E-state index contributed by atoms with van der Waals surface area (Å²) in [6.07, 6.45) is 2.41. The number of halogens is 1. The van der Waals surface area contributed by atoms with Gasteiger partial charge in [0, 0.05) is 13.1 Å². The van der Waals surface area contributed by atoms with Gasteiger partial charge in [-0.25, -0.2) is 0 Å². The first kappa shape index (κ1) is 13.2. The van der Waals surface area contributed by atoms with Crippen LogP contribution in [0.3, 0.4) is 0 Å². The van der Waals surface area contributed by atoms with Gasteiger partial charge in [-0.15, -0.1) is 0 Å². The van der Waals surface area contributed by atoms with Crippen LogP contribution in [0, 0.1) is 0 Å². The van der Waals surface area contributed by atoms with Crippen molar-refractivity contribution >= 4 is 17.5 Å². The van der Waals surface area contributed by atoms with Crippen LogP contribution in [0.2, 0.25) is 5.02 Å². The number of hydrogen-bond acceptors (Lipinski definition) is 2. The summed E-state index contributed by atoms with van der Waals surface area (Å²) in [6.45, 7) is 3.65. The molecule has 1 aliphatic heterocycles. The molecule has 0 unspecified atom stereocenters. The van der Waals surface area contributed by atoms with Gasteiger partial charge in [-0.1, -0.05) is 30.7 Å². The fraction of sp³-hybridized carbons (Fsp3) is 0.500. The van der Waals surface area contributed by atoms with E-state index in [9.17, 15) is 4.79 Å². The summed E-state index contributed by atoms with van der Waals surface area (Å²) >= 11 is 6.04. The van der Waals surface area contributed by atoms with E-state index in [0.717, 1.165) is 25.9 Å². The lowest BCUT2D eigenvalue weighted by molar-refractivity contribution is -0.137. The molecule has 0 spiro atoms. The van der Waals surface area contributed by atoms with Crippen molar-refractivity contribution in [2.45, 2.75) is 32.3 Å². The van der Waals surface area contributed by atoms with Crippen LogP contribution < -0.4 is 4.74 Å². The van der Waals surface area contributed by atoms with Crippen molar-refractivity contribution < 1.29 is 9.53 Å². The highest BCUT2D eigenvalue weighted by atomic mass is 35.5. The largest absolute Gasteiger partial charge is 0.479 e. The number of carbonyl (C=O) groups excluding carboxylic acids is 1. The number of amides is 1. The van der Waals surface area contributed by atoms with Gasteiger partial charge in [0.25, 0.3) is 5.91 Å². The van der Waals surface area contributed by atoms with Crippen LogP contribution >= 0.6 is 11.6 Å². The van der Waals surface area contributed by atoms with E-state index in [1.54, 1.807) is 12.1 Å². The monoisotopic (exact) mass is 267 g/mol. The fourth-order valence-corrected chi connectivity index (χ4v) is 2.32. The van der Waals surface area contributed by atoms with E-state index in [1.807, 2.05) is 24.0 Å². The van der Waals surface area contributed by atoms with Crippen molar-refractivity contribution in [3.8, 4) is 5.75 Å². The summed E-state index contributed by atoms with van der Waals surface area (Å²) in [4.78, 5) is 14.1. The maximum Gasteiger partial charge on any atom is 0.263 e. The first-order chi connectivity index (χ1) is 8.72. The van der Waals surface area contributed by atoms with Crippen LogP contribution in [0.1, 0.15) is 26.2 Å². The zero-order valence-corrected chi connectivity index (χ0v) is 11.3. The van der Waals surface area contributed by atoms with E-state index in [-0.39, 0.29) is 5.91 Å². The van der Waals surface area contributed by atoms with E-state index in [1.165, 1.54) is 0 Å². The molecule has 1 heterocycles. The van der Waals surface area contributed by atoms with Crippen molar-refractivity contribution in [2.75, 3.05) is 13.1 Å². The van der Waals surface area contributed by atoms with E-state index in [2.05, 4.69) is 0 Å². The third kappa shape index (κ3) is 2.96. The topological polar surface area (TPSA) is 29.5 Å². The van der Waals surface area contributed by atoms with Gasteiger partial charge in [0.05, 0.1) is 5.02 Å². The second-order valence-corrected chi connectivity index (χ2v) is 4.88. The zero-order valence-electron chi connectivity index (χ0n) is 10.6. The molecular formula is C14H18ClNO2. The van der Waals surface area contributed by atoms with Gasteiger partial charge < -0.3 is 9.64 Å². The molecule has 0 aromatic heterocycles. The van der Waals surface area contributed by atoms with Gasteiger partial charge in [-0.2, -0.15) is 0 Å². The molecule has 18 heavy (non-hydrogen) atoms. The minimum atomic E-state index is -0.428. The molecule has 1 aromatic carbocycles. The Kier molecular flexibility index (Phi) is 4.48. The molecule has 1 atom stereocenters. The predicted molar refractivity (Wildman–Crippen MR) is 72.0 cm³/mol. The molecule has 1 aromatic rings. The normalized spacial score (nSPS) is 16.7. The summed E-state index contributed by atoms with van der Waals surface area (Å²) < 4.78 is 5.75. The molecule has 3 nitrogen and oxygen atoms in total. The molecule has 98 valence electrons. The molecule has 2 rings (SSSR count). The first-order valence-corrected chi connectivity index (χ1v) is 6.80. The maximum absolute atomic E-state index is 12.3. The van der Waals surface area contributed by atoms with Gasteiger partial charge in [0.15, 0.2) is 6.10 Å². The number of hydrogen-bond donors (Lipinski definition) is 0. The fourth-order valence-electron chi connectivity index (χ4n) is 2.14. The second kappa shape index (κ2) is 6.10. The van der Waals surface area contributed by atoms with E-state index in [4.69, 9.17) is 16.3 Å². The van der Waals surface area contributed by atoms with Gasteiger partial charge in [-0.3, -0.25) is 4.79 Å². The lowest BCUT2D eigenvalue weighted by Gasteiger charge is -2.23. The van der Waals surface area contributed by atoms with Crippen molar-refractivity contribution in [1.29, 1.82) is 0 Å². The molecule has 1 aliphatic rings. The molecule has 1 amide bonds. The molecule has 4 heteroatoms. The molecule has 0 aliphatic carbocycles. The average Bonchev–Trinajstić information content (AvgIpc) is 2.91. The summed E-state index contributed by atoms with van der Waals surface area (Å²) in [5, 5.41) is 0.546. The minimum absolute atomic E-state index is 0.0786. The molecular weight excluding hydrogens is 250 g/mol. The van der Waals surface area contributed by atoms with Crippen molar-refractivity contribution in [1.82, 2.24) is 4.90 Å². The zero-order chi connectivity index (χ0) is 13.0. The Morgan fingerprint density at radius 2 is 2.06 bits per heavy atom. The van der Waals surface area contributed by atoms with Crippen LogP contribution in [0.15, 0.2) is 24.3 Å². The van der Waals surface area contributed by atoms with Crippen LogP contribution in [0.4, 0.5) is 0 Å². The minimum Gasteiger partial charge on any atom is -0.479 e. The Hall–Kier alpha value is -1.22. The van der Waals surface area contributed by atoms with Crippen LogP contribution in [0.25, 0.3) is 0 Å². The van der Waals surface area contributed by atoms with E-state index >= 15 is 0 Å². The summed E-state index contributed by atoms with van der Waals surface area (Å²) in [7, 11) is 0. The van der Waals surface area contributed by atoms with Crippen LogP contribution in [-0.4, -0.2) is 30.0 Å². The second-order valence-electron chi connectivity index (χ2n) is 4.48. The smallest absolute Gasteiger partial charge is 0.263 e. The maximum atomic E-state index is 12.3. The van der Waals surface area contributed by atoms with Crippen LogP contribution in [0.5, 0.6) is 5.75 Å². The Balaban J connectivity index is 2.05. The van der Waals surface area contributed by atoms with Gasteiger partial charge in [0.1, 0.15) is 5.75 Å². The van der Waals surface area contributed by atoms with Gasteiger partial charge in [-0.05, 0) is 31.4 Å². The van der Waals surface area contributed by atoms with Crippen LogP contribution in [-0.2, 0) is 4.79 Å². The highest BCUT2D eigenvalue weighted by Gasteiger charge is 2.27. The van der Waals surface area contributed by atoms with Gasteiger partial charge >= 0.3 is 0 Å². The number of rotatable bonds is 4. The number of carbonyl (C=O) groups is 1. The van der Waals surface area contributed by atoms with Gasteiger partial charge in [0.2, 0.25) is 0 Å². The Morgan fingerprint density at radius 3 is 2.67 bits per heavy atom. The Morgan fingerprint density at radius 1 is 1.39 bits per heavy atom. The number of para-hydroxylation sites is 1. The first-order valence-electron chi connectivity index (χ1n) is 6.42. The summed E-state index contributed by atoms with van der Waals surface area (Å²) in [6, 6.07) is 7.26. The lowest BCUT2D eigenvalue weighted by Crippen LogP contribution is -2.40. The molecule has 1 fully saturated rings. The Labute approximate surface area is 113 Å². The van der Waals surface area contributed by atoms with E-state index < -0.39 is 6.10 Å². The third-order valence-corrected chi connectivity index (χ3v) is 3.48. The highest BCUT2D eigenvalue weighted by Crippen LogP contribution is 2.25. The molecule has 0 bridgehead atoms. The SMILES string of the molecule is CC[C@H](Oc1ccccc1Cl)C(=O)N1CCCC1. The predicted octanol–water partition coefficient (Wildman–Crippen LogP) is 3.12. The van der Waals surface area contributed by atoms with E-state index in [0.29, 0.717) is 17.2 Å². The molecule has 0 saturated carbocycles. The quantitative estimate of drug-likeness (QED) is 0.839. The number of nitrogens with zero attached hydrogens (tertiary/aromatic N) is 1.